The first-order valence-corrected chi connectivity index (χ1v) is 7.05. The summed E-state index contributed by atoms with van der Waals surface area (Å²) in [5.74, 6) is 1.35. The fourth-order valence-electron chi connectivity index (χ4n) is 2.14. The van der Waals surface area contributed by atoms with Gasteiger partial charge in [-0.3, -0.25) is 4.68 Å². The van der Waals surface area contributed by atoms with Gasteiger partial charge in [0, 0.05) is 12.5 Å². The SMILES string of the molecule is CCNCCC(C)c1c(OC)cnn1CCN(C)C. The van der Waals surface area contributed by atoms with Crippen molar-refractivity contribution in [1.82, 2.24) is 20.0 Å². The van der Waals surface area contributed by atoms with Crippen LogP contribution < -0.4 is 10.1 Å². The molecule has 5 nitrogen and oxygen atoms in total. The summed E-state index contributed by atoms with van der Waals surface area (Å²) in [4.78, 5) is 2.17. The van der Waals surface area contributed by atoms with Crippen molar-refractivity contribution in [3.8, 4) is 5.75 Å². The van der Waals surface area contributed by atoms with Gasteiger partial charge in [-0.25, -0.2) is 0 Å². The summed E-state index contributed by atoms with van der Waals surface area (Å²) < 4.78 is 7.52. The van der Waals surface area contributed by atoms with Gasteiger partial charge in [-0.2, -0.15) is 5.10 Å². The molecule has 0 amide bonds. The molecule has 0 spiro atoms. The van der Waals surface area contributed by atoms with Crippen molar-refractivity contribution < 1.29 is 4.74 Å². The smallest absolute Gasteiger partial charge is 0.160 e. The Bertz CT molecular complexity index is 362. The Labute approximate surface area is 116 Å². The second-order valence-corrected chi connectivity index (χ2v) is 5.17. The van der Waals surface area contributed by atoms with E-state index in [1.54, 1.807) is 7.11 Å². The standard InChI is InChI=1S/C14H28N4O/c1-6-15-8-7-12(2)14-13(19-5)11-16-18(14)10-9-17(3)4/h11-12,15H,6-10H2,1-5H3. The van der Waals surface area contributed by atoms with E-state index >= 15 is 0 Å². The van der Waals surface area contributed by atoms with Crippen LogP contribution in [0.4, 0.5) is 0 Å². The van der Waals surface area contributed by atoms with Crippen LogP contribution in [-0.2, 0) is 6.54 Å². The summed E-state index contributed by atoms with van der Waals surface area (Å²) in [5.41, 5.74) is 1.21. The normalized spacial score (nSPS) is 12.9. The molecule has 1 aromatic heterocycles. The summed E-state index contributed by atoms with van der Waals surface area (Å²) in [6, 6.07) is 0. The predicted molar refractivity (Wildman–Crippen MR) is 78.9 cm³/mol. The Morgan fingerprint density at radius 1 is 1.47 bits per heavy atom. The predicted octanol–water partition coefficient (Wildman–Crippen LogP) is 1.56. The van der Waals surface area contributed by atoms with E-state index in [1.165, 1.54) is 5.69 Å². The molecule has 5 heteroatoms. The molecule has 0 aromatic carbocycles. The molecule has 110 valence electrons. The number of nitrogens with zero attached hydrogens (tertiary/aromatic N) is 3. The summed E-state index contributed by atoms with van der Waals surface area (Å²) in [6.45, 7) is 8.30. The number of methoxy groups -OCH3 is 1. The number of nitrogens with one attached hydrogen (secondary N) is 1. The summed E-state index contributed by atoms with van der Waals surface area (Å²) in [5, 5.41) is 7.82. The van der Waals surface area contributed by atoms with Crippen LogP contribution in [0.25, 0.3) is 0 Å². The Morgan fingerprint density at radius 3 is 2.79 bits per heavy atom. The fourth-order valence-corrected chi connectivity index (χ4v) is 2.14. The van der Waals surface area contributed by atoms with Crippen molar-refractivity contribution in [1.29, 1.82) is 0 Å². The number of ether oxygens (including phenoxy) is 1. The highest BCUT2D eigenvalue weighted by atomic mass is 16.5. The lowest BCUT2D eigenvalue weighted by molar-refractivity contribution is 0.360. The Morgan fingerprint density at radius 2 is 2.21 bits per heavy atom. The monoisotopic (exact) mass is 268 g/mol. The Hall–Kier alpha value is -1.07. The second-order valence-electron chi connectivity index (χ2n) is 5.17. The van der Waals surface area contributed by atoms with E-state index in [9.17, 15) is 0 Å². The molecule has 0 bridgehead atoms. The zero-order valence-corrected chi connectivity index (χ0v) is 12.9. The van der Waals surface area contributed by atoms with Crippen molar-refractivity contribution in [3.05, 3.63) is 11.9 Å². The lowest BCUT2D eigenvalue weighted by atomic mass is 10.0. The third kappa shape index (κ3) is 4.84. The molecule has 0 radical (unpaired) electrons. The lowest BCUT2D eigenvalue weighted by Gasteiger charge is -2.17. The molecule has 0 fully saturated rings. The maximum atomic E-state index is 5.44. The van der Waals surface area contributed by atoms with E-state index in [-0.39, 0.29) is 0 Å². The molecule has 0 aliphatic heterocycles. The van der Waals surface area contributed by atoms with Gasteiger partial charge in [0.25, 0.3) is 0 Å². The topological polar surface area (TPSA) is 42.3 Å². The molecule has 1 heterocycles. The molecule has 1 unspecified atom stereocenters. The molecule has 19 heavy (non-hydrogen) atoms. The van der Waals surface area contributed by atoms with Gasteiger partial charge in [0.05, 0.1) is 25.5 Å². The van der Waals surface area contributed by atoms with Crippen LogP contribution in [0.2, 0.25) is 0 Å². The third-order valence-electron chi connectivity index (χ3n) is 3.29. The number of aromatic nitrogens is 2. The third-order valence-corrected chi connectivity index (χ3v) is 3.29. The van der Waals surface area contributed by atoms with Crippen molar-refractivity contribution in [2.24, 2.45) is 0 Å². The maximum Gasteiger partial charge on any atom is 0.160 e. The quantitative estimate of drug-likeness (QED) is 0.690. The molecule has 0 saturated carbocycles. The van der Waals surface area contributed by atoms with Crippen molar-refractivity contribution in [2.45, 2.75) is 32.7 Å². The van der Waals surface area contributed by atoms with E-state index in [2.05, 4.69) is 47.9 Å². The van der Waals surface area contributed by atoms with Gasteiger partial charge < -0.3 is 15.0 Å². The van der Waals surface area contributed by atoms with Gasteiger partial charge >= 0.3 is 0 Å². The summed E-state index contributed by atoms with van der Waals surface area (Å²) in [7, 11) is 5.87. The van der Waals surface area contributed by atoms with Gasteiger partial charge in [-0.1, -0.05) is 13.8 Å². The van der Waals surface area contributed by atoms with Crippen molar-refractivity contribution >= 4 is 0 Å². The molecule has 0 saturated heterocycles. The van der Waals surface area contributed by atoms with Crippen molar-refractivity contribution in [2.75, 3.05) is 40.8 Å². The molecule has 1 aromatic rings. The highest BCUT2D eigenvalue weighted by Gasteiger charge is 2.17. The first kappa shape index (κ1) is 16.0. The molecule has 0 aliphatic carbocycles. The molecule has 1 atom stereocenters. The summed E-state index contributed by atoms with van der Waals surface area (Å²) >= 11 is 0. The van der Waals surface area contributed by atoms with Gasteiger partial charge in [0.2, 0.25) is 0 Å². The first-order chi connectivity index (χ1) is 9.10. The minimum absolute atomic E-state index is 0.443. The van der Waals surface area contributed by atoms with E-state index in [0.717, 1.165) is 38.3 Å². The number of hydrogen-bond acceptors (Lipinski definition) is 4. The maximum absolute atomic E-state index is 5.44. The molecule has 1 rings (SSSR count). The lowest BCUT2D eigenvalue weighted by Crippen LogP contribution is -2.22. The highest BCUT2D eigenvalue weighted by molar-refractivity contribution is 5.28. The zero-order chi connectivity index (χ0) is 14.3. The van der Waals surface area contributed by atoms with E-state index < -0.39 is 0 Å². The van der Waals surface area contributed by atoms with Gasteiger partial charge in [-0.15, -0.1) is 0 Å². The average Bonchev–Trinajstić information content (AvgIpc) is 2.79. The van der Waals surface area contributed by atoms with E-state index in [1.807, 2.05) is 6.20 Å². The van der Waals surface area contributed by atoms with Crippen LogP contribution >= 0.6 is 0 Å². The Kier molecular flexibility index (Phi) is 6.87. The van der Waals surface area contributed by atoms with Crippen LogP contribution in [-0.4, -0.2) is 55.5 Å². The molecular formula is C14H28N4O. The van der Waals surface area contributed by atoms with E-state index in [0.29, 0.717) is 5.92 Å². The second kappa shape index (κ2) is 8.17. The fraction of sp³-hybridized carbons (Fsp3) is 0.786. The molecule has 1 N–H and O–H groups in total. The van der Waals surface area contributed by atoms with E-state index in [4.69, 9.17) is 4.74 Å². The zero-order valence-electron chi connectivity index (χ0n) is 12.9. The Balaban J connectivity index is 2.73. The van der Waals surface area contributed by atoms with Crippen LogP contribution in [0.5, 0.6) is 5.75 Å². The van der Waals surface area contributed by atoms with Crippen molar-refractivity contribution in [3.63, 3.8) is 0 Å². The first-order valence-electron chi connectivity index (χ1n) is 7.05. The summed E-state index contributed by atoms with van der Waals surface area (Å²) in [6.07, 6.45) is 2.92. The minimum atomic E-state index is 0.443. The molecular weight excluding hydrogens is 240 g/mol. The van der Waals surface area contributed by atoms with Gasteiger partial charge in [0.15, 0.2) is 5.75 Å². The van der Waals surface area contributed by atoms with Crippen LogP contribution in [0, 0.1) is 0 Å². The van der Waals surface area contributed by atoms with Crippen LogP contribution in [0.1, 0.15) is 31.9 Å². The number of likely N-dealkylation sites (N-methyl/N-ethyl adjacent to an activating group) is 1. The van der Waals surface area contributed by atoms with Crippen LogP contribution in [0.15, 0.2) is 6.20 Å². The largest absolute Gasteiger partial charge is 0.493 e. The minimum Gasteiger partial charge on any atom is -0.493 e. The van der Waals surface area contributed by atoms with Gasteiger partial charge in [0.1, 0.15) is 0 Å². The van der Waals surface area contributed by atoms with Gasteiger partial charge in [-0.05, 0) is 33.6 Å². The average molecular weight is 268 g/mol. The molecule has 0 aliphatic rings. The number of rotatable bonds is 9. The highest BCUT2D eigenvalue weighted by Crippen LogP contribution is 2.28. The number of hydrogen-bond donors (Lipinski definition) is 1. The van der Waals surface area contributed by atoms with Crippen LogP contribution in [0.3, 0.4) is 0 Å².